The highest BCUT2D eigenvalue weighted by Crippen LogP contribution is 2.28. The summed E-state index contributed by atoms with van der Waals surface area (Å²) in [7, 11) is 0. The van der Waals surface area contributed by atoms with Gasteiger partial charge in [0.1, 0.15) is 5.82 Å². The van der Waals surface area contributed by atoms with Gasteiger partial charge in [-0.25, -0.2) is 4.39 Å². The quantitative estimate of drug-likeness (QED) is 0.876. The van der Waals surface area contributed by atoms with Crippen molar-refractivity contribution in [3.05, 3.63) is 34.1 Å². The third kappa shape index (κ3) is 3.52. The molecular formula is C14H19BrFN. The van der Waals surface area contributed by atoms with E-state index in [2.05, 4.69) is 28.2 Å². The normalized spacial score (nSPS) is 18.5. The fraction of sp³-hybridized carbons (Fsp3) is 0.571. The third-order valence-electron chi connectivity index (χ3n) is 3.73. The van der Waals surface area contributed by atoms with Gasteiger partial charge in [0, 0.05) is 17.1 Å². The van der Waals surface area contributed by atoms with Gasteiger partial charge in [-0.05, 0) is 49.4 Å². The minimum absolute atomic E-state index is 0.168. The molecule has 0 heterocycles. The van der Waals surface area contributed by atoms with E-state index >= 15 is 0 Å². The average molecular weight is 300 g/mol. The smallest absolute Gasteiger partial charge is 0.123 e. The molecule has 1 fully saturated rings. The highest BCUT2D eigenvalue weighted by Gasteiger charge is 2.21. The zero-order valence-corrected chi connectivity index (χ0v) is 11.8. The van der Waals surface area contributed by atoms with Gasteiger partial charge in [0.15, 0.2) is 0 Å². The van der Waals surface area contributed by atoms with E-state index in [0.29, 0.717) is 6.04 Å². The van der Waals surface area contributed by atoms with Crippen LogP contribution in [0, 0.1) is 11.7 Å². The first-order valence-electron chi connectivity index (χ1n) is 6.34. The van der Waals surface area contributed by atoms with E-state index in [4.69, 9.17) is 0 Å². The second-order valence-electron chi connectivity index (χ2n) is 4.95. The minimum Gasteiger partial charge on any atom is -0.310 e. The number of hydrogen-bond acceptors (Lipinski definition) is 1. The summed E-state index contributed by atoms with van der Waals surface area (Å²) >= 11 is 3.46. The summed E-state index contributed by atoms with van der Waals surface area (Å²) in [6, 6.07) is 5.37. The zero-order valence-electron chi connectivity index (χ0n) is 10.2. The topological polar surface area (TPSA) is 12.0 Å². The Balaban J connectivity index is 1.90. The lowest BCUT2D eigenvalue weighted by molar-refractivity contribution is 0.380. The molecular weight excluding hydrogens is 281 g/mol. The Kier molecular flexibility index (Phi) is 4.57. The van der Waals surface area contributed by atoms with Crippen LogP contribution in [0.5, 0.6) is 0 Å². The van der Waals surface area contributed by atoms with Crippen molar-refractivity contribution >= 4 is 15.9 Å². The van der Waals surface area contributed by atoms with Crippen molar-refractivity contribution in [2.75, 3.05) is 0 Å². The Morgan fingerprint density at radius 1 is 1.41 bits per heavy atom. The molecule has 0 spiro atoms. The predicted molar refractivity (Wildman–Crippen MR) is 72.4 cm³/mol. The Bertz CT molecular complexity index is 374. The van der Waals surface area contributed by atoms with Crippen molar-refractivity contribution in [2.24, 2.45) is 5.92 Å². The lowest BCUT2D eigenvalue weighted by Crippen LogP contribution is -2.31. The maximum atomic E-state index is 13.1. The molecule has 94 valence electrons. The monoisotopic (exact) mass is 299 g/mol. The molecule has 2 rings (SSSR count). The van der Waals surface area contributed by atoms with Gasteiger partial charge in [-0.1, -0.05) is 28.8 Å². The summed E-state index contributed by atoms with van der Waals surface area (Å²) in [5.41, 5.74) is 0.995. The van der Waals surface area contributed by atoms with Gasteiger partial charge >= 0.3 is 0 Å². The van der Waals surface area contributed by atoms with Crippen LogP contribution in [-0.2, 0) is 6.54 Å². The molecule has 1 N–H and O–H groups in total. The van der Waals surface area contributed by atoms with Crippen LogP contribution in [0.3, 0.4) is 0 Å². The number of hydrogen-bond donors (Lipinski definition) is 1. The summed E-state index contributed by atoms with van der Waals surface area (Å²) in [5, 5.41) is 3.51. The van der Waals surface area contributed by atoms with Crippen LogP contribution in [0.15, 0.2) is 22.7 Å². The number of benzene rings is 1. The third-order valence-corrected chi connectivity index (χ3v) is 4.50. The van der Waals surface area contributed by atoms with Gasteiger partial charge in [0.05, 0.1) is 0 Å². The highest BCUT2D eigenvalue weighted by atomic mass is 79.9. The lowest BCUT2D eigenvalue weighted by atomic mass is 9.99. The van der Waals surface area contributed by atoms with Crippen LogP contribution >= 0.6 is 15.9 Å². The zero-order chi connectivity index (χ0) is 12.3. The van der Waals surface area contributed by atoms with Crippen LogP contribution in [0.2, 0.25) is 0 Å². The molecule has 0 amide bonds. The molecule has 0 bridgehead atoms. The van der Waals surface area contributed by atoms with Crippen molar-refractivity contribution in [3.8, 4) is 0 Å². The second kappa shape index (κ2) is 5.96. The molecule has 0 aliphatic heterocycles. The van der Waals surface area contributed by atoms with E-state index in [-0.39, 0.29) is 5.82 Å². The predicted octanol–water partition coefficient (Wildman–Crippen LogP) is 4.26. The molecule has 1 aliphatic carbocycles. The fourth-order valence-electron chi connectivity index (χ4n) is 2.57. The maximum absolute atomic E-state index is 13.1. The summed E-state index contributed by atoms with van der Waals surface area (Å²) in [4.78, 5) is 0. The van der Waals surface area contributed by atoms with Gasteiger partial charge in [0.2, 0.25) is 0 Å². The van der Waals surface area contributed by atoms with E-state index in [9.17, 15) is 4.39 Å². The van der Waals surface area contributed by atoms with Crippen molar-refractivity contribution in [2.45, 2.75) is 45.2 Å². The van der Waals surface area contributed by atoms with E-state index in [0.717, 1.165) is 22.5 Å². The SMILES string of the molecule is C[C@@H](NCc1cc(F)ccc1Br)C1CCCC1. The van der Waals surface area contributed by atoms with Gasteiger partial charge in [0.25, 0.3) is 0 Å². The molecule has 1 nitrogen and oxygen atoms in total. The molecule has 1 aromatic rings. The summed E-state index contributed by atoms with van der Waals surface area (Å²) in [6.45, 7) is 2.97. The number of halogens is 2. The van der Waals surface area contributed by atoms with Crippen LogP contribution in [-0.4, -0.2) is 6.04 Å². The first-order valence-corrected chi connectivity index (χ1v) is 7.13. The molecule has 3 heteroatoms. The van der Waals surface area contributed by atoms with Gasteiger partial charge in [-0.3, -0.25) is 0 Å². The van der Waals surface area contributed by atoms with Crippen LogP contribution in [0.1, 0.15) is 38.2 Å². The summed E-state index contributed by atoms with van der Waals surface area (Å²) in [6.07, 6.45) is 5.39. The number of nitrogens with one attached hydrogen (secondary N) is 1. The van der Waals surface area contributed by atoms with Gasteiger partial charge in [-0.2, -0.15) is 0 Å². The van der Waals surface area contributed by atoms with Crippen LogP contribution in [0.25, 0.3) is 0 Å². The summed E-state index contributed by atoms with van der Waals surface area (Å²) in [5.74, 6) is 0.626. The minimum atomic E-state index is -0.168. The van der Waals surface area contributed by atoms with Crippen molar-refractivity contribution in [1.29, 1.82) is 0 Å². The first-order chi connectivity index (χ1) is 8.16. The average Bonchev–Trinajstić information content (AvgIpc) is 2.83. The number of rotatable bonds is 4. The largest absolute Gasteiger partial charge is 0.310 e. The fourth-order valence-corrected chi connectivity index (χ4v) is 2.96. The molecule has 0 saturated heterocycles. The second-order valence-corrected chi connectivity index (χ2v) is 5.80. The van der Waals surface area contributed by atoms with Crippen LogP contribution < -0.4 is 5.32 Å². The van der Waals surface area contributed by atoms with Crippen molar-refractivity contribution in [3.63, 3.8) is 0 Å². The van der Waals surface area contributed by atoms with E-state index in [1.54, 1.807) is 12.1 Å². The lowest BCUT2D eigenvalue weighted by Gasteiger charge is -2.20. The molecule has 1 atom stereocenters. The molecule has 0 unspecified atom stereocenters. The van der Waals surface area contributed by atoms with Crippen molar-refractivity contribution in [1.82, 2.24) is 5.32 Å². The van der Waals surface area contributed by atoms with Crippen LogP contribution in [0.4, 0.5) is 4.39 Å². The Labute approximate surface area is 111 Å². The van der Waals surface area contributed by atoms with E-state index in [1.165, 1.54) is 31.7 Å². The molecule has 0 radical (unpaired) electrons. The molecule has 17 heavy (non-hydrogen) atoms. The molecule has 1 saturated carbocycles. The standard InChI is InChI=1S/C14H19BrFN/c1-10(11-4-2-3-5-11)17-9-12-8-13(16)6-7-14(12)15/h6-8,10-11,17H,2-5,9H2,1H3/t10-/m1/s1. The molecule has 1 aliphatic rings. The summed E-state index contributed by atoms with van der Waals surface area (Å²) < 4.78 is 14.1. The van der Waals surface area contributed by atoms with Gasteiger partial charge < -0.3 is 5.32 Å². The Morgan fingerprint density at radius 2 is 2.12 bits per heavy atom. The van der Waals surface area contributed by atoms with Crippen molar-refractivity contribution < 1.29 is 4.39 Å². The van der Waals surface area contributed by atoms with Gasteiger partial charge in [-0.15, -0.1) is 0 Å². The highest BCUT2D eigenvalue weighted by molar-refractivity contribution is 9.10. The molecule has 0 aromatic heterocycles. The maximum Gasteiger partial charge on any atom is 0.123 e. The Morgan fingerprint density at radius 3 is 2.82 bits per heavy atom. The Hall–Kier alpha value is -0.410. The molecule has 1 aromatic carbocycles. The van der Waals surface area contributed by atoms with E-state index in [1.807, 2.05) is 0 Å². The first kappa shape index (κ1) is 13.0. The van der Waals surface area contributed by atoms with E-state index < -0.39 is 0 Å².